The molecule has 0 aromatic heterocycles. The fourth-order valence-corrected chi connectivity index (χ4v) is 4.31. The highest BCUT2D eigenvalue weighted by Crippen LogP contribution is 2.35. The Bertz CT molecular complexity index is 810. The van der Waals surface area contributed by atoms with Gasteiger partial charge in [-0.15, -0.1) is 0 Å². The number of rotatable bonds is 3. The van der Waals surface area contributed by atoms with Crippen LogP contribution in [0.2, 0.25) is 0 Å². The molecule has 0 N–H and O–H groups in total. The molecule has 0 saturated carbocycles. The highest BCUT2D eigenvalue weighted by molar-refractivity contribution is 5.95. The molecule has 27 heavy (non-hydrogen) atoms. The van der Waals surface area contributed by atoms with Crippen molar-refractivity contribution in [2.75, 3.05) is 26.2 Å². The van der Waals surface area contributed by atoms with Gasteiger partial charge in [0, 0.05) is 37.7 Å². The lowest BCUT2D eigenvalue weighted by molar-refractivity contribution is -0.134. The van der Waals surface area contributed by atoms with Crippen molar-refractivity contribution in [1.29, 1.82) is 0 Å². The second kappa shape index (κ2) is 7.55. The molecular weight excluding hydrogens is 336 g/mol. The Balaban J connectivity index is 1.59. The maximum atomic E-state index is 13.2. The SMILES string of the molecule is Cc1ccc(C(=O)N2CC(C(=O)N3CCCC3)C(c3ccccc3)C2)cc1. The molecular formula is C23H26N2O2. The molecule has 2 aliphatic rings. The van der Waals surface area contributed by atoms with Gasteiger partial charge in [-0.05, 0) is 37.5 Å². The molecule has 140 valence electrons. The third-order valence-electron chi connectivity index (χ3n) is 5.87. The number of hydrogen-bond donors (Lipinski definition) is 0. The van der Waals surface area contributed by atoms with Crippen molar-refractivity contribution < 1.29 is 9.59 Å². The summed E-state index contributed by atoms with van der Waals surface area (Å²) in [5.74, 6) is 0.141. The first-order chi connectivity index (χ1) is 13.1. The van der Waals surface area contributed by atoms with Crippen molar-refractivity contribution in [3.05, 3.63) is 71.3 Å². The molecule has 2 atom stereocenters. The maximum Gasteiger partial charge on any atom is 0.253 e. The molecule has 0 bridgehead atoms. The molecule has 0 radical (unpaired) electrons. The van der Waals surface area contributed by atoms with Crippen molar-refractivity contribution in [1.82, 2.24) is 9.80 Å². The van der Waals surface area contributed by atoms with E-state index < -0.39 is 0 Å². The Hall–Kier alpha value is -2.62. The lowest BCUT2D eigenvalue weighted by atomic mass is 9.88. The van der Waals surface area contributed by atoms with E-state index in [0.717, 1.165) is 37.1 Å². The van der Waals surface area contributed by atoms with Gasteiger partial charge in [0.15, 0.2) is 0 Å². The molecule has 4 rings (SSSR count). The molecule has 0 aliphatic carbocycles. The standard InChI is InChI=1S/C23H26N2O2/c1-17-9-11-19(12-10-17)22(26)25-15-20(18-7-3-2-4-8-18)21(16-25)23(27)24-13-5-6-14-24/h2-4,7-12,20-21H,5-6,13-16H2,1H3. The summed E-state index contributed by atoms with van der Waals surface area (Å²) >= 11 is 0. The van der Waals surface area contributed by atoms with E-state index in [1.807, 2.05) is 59.2 Å². The molecule has 2 aromatic rings. The molecule has 2 heterocycles. The third-order valence-corrected chi connectivity index (χ3v) is 5.87. The van der Waals surface area contributed by atoms with Gasteiger partial charge in [0.05, 0.1) is 5.92 Å². The highest BCUT2D eigenvalue weighted by atomic mass is 16.2. The molecule has 2 aromatic carbocycles. The van der Waals surface area contributed by atoms with Crippen LogP contribution >= 0.6 is 0 Å². The number of hydrogen-bond acceptors (Lipinski definition) is 2. The van der Waals surface area contributed by atoms with Gasteiger partial charge in [-0.2, -0.15) is 0 Å². The molecule has 2 fully saturated rings. The molecule has 2 saturated heterocycles. The average molecular weight is 362 g/mol. The molecule has 4 heteroatoms. The summed E-state index contributed by atoms with van der Waals surface area (Å²) < 4.78 is 0. The summed E-state index contributed by atoms with van der Waals surface area (Å²) in [6.07, 6.45) is 2.17. The number of carbonyl (C=O) groups is 2. The van der Waals surface area contributed by atoms with Gasteiger partial charge in [0.2, 0.25) is 5.91 Å². The van der Waals surface area contributed by atoms with E-state index in [4.69, 9.17) is 0 Å². The van der Waals surface area contributed by atoms with Crippen LogP contribution in [0.4, 0.5) is 0 Å². The maximum absolute atomic E-state index is 13.2. The van der Waals surface area contributed by atoms with Crippen LogP contribution in [0, 0.1) is 12.8 Å². The molecule has 2 amide bonds. The minimum absolute atomic E-state index is 0.0210. The van der Waals surface area contributed by atoms with Crippen LogP contribution in [-0.4, -0.2) is 47.8 Å². The lowest BCUT2D eigenvalue weighted by Crippen LogP contribution is -2.37. The second-order valence-electron chi connectivity index (χ2n) is 7.73. The second-order valence-corrected chi connectivity index (χ2v) is 7.73. The predicted molar refractivity (Wildman–Crippen MR) is 106 cm³/mol. The summed E-state index contributed by atoms with van der Waals surface area (Å²) in [7, 11) is 0. The van der Waals surface area contributed by atoms with Crippen molar-refractivity contribution in [2.24, 2.45) is 5.92 Å². The third kappa shape index (κ3) is 3.61. The fourth-order valence-electron chi connectivity index (χ4n) is 4.31. The normalized spacial score (nSPS) is 22.3. The summed E-state index contributed by atoms with van der Waals surface area (Å²) in [5, 5.41) is 0. The summed E-state index contributed by atoms with van der Waals surface area (Å²) in [4.78, 5) is 30.0. The van der Waals surface area contributed by atoms with Crippen LogP contribution in [0.1, 0.15) is 40.2 Å². The van der Waals surface area contributed by atoms with E-state index in [0.29, 0.717) is 18.7 Å². The van der Waals surface area contributed by atoms with Crippen molar-refractivity contribution in [2.45, 2.75) is 25.7 Å². The number of benzene rings is 2. The Morgan fingerprint density at radius 2 is 1.52 bits per heavy atom. The fraction of sp³-hybridized carbons (Fsp3) is 0.391. The average Bonchev–Trinajstić information content (AvgIpc) is 3.38. The van der Waals surface area contributed by atoms with Gasteiger partial charge in [-0.25, -0.2) is 0 Å². The molecule has 2 unspecified atom stereocenters. The van der Waals surface area contributed by atoms with E-state index in [9.17, 15) is 9.59 Å². The zero-order valence-electron chi connectivity index (χ0n) is 15.8. The predicted octanol–water partition coefficient (Wildman–Crippen LogP) is 3.47. The number of nitrogens with zero attached hydrogens (tertiary/aromatic N) is 2. The van der Waals surface area contributed by atoms with Gasteiger partial charge in [0.25, 0.3) is 5.91 Å². The summed E-state index contributed by atoms with van der Waals surface area (Å²) in [6, 6.07) is 17.9. The zero-order valence-corrected chi connectivity index (χ0v) is 15.8. The zero-order chi connectivity index (χ0) is 18.8. The monoisotopic (exact) mass is 362 g/mol. The van der Waals surface area contributed by atoms with E-state index in [1.54, 1.807) is 0 Å². The number of likely N-dealkylation sites (tertiary alicyclic amines) is 2. The smallest absolute Gasteiger partial charge is 0.253 e. The van der Waals surface area contributed by atoms with Crippen molar-refractivity contribution >= 4 is 11.8 Å². The summed E-state index contributed by atoms with van der Waals surface area (Å²) in [6.45, 7) is 4.81. The summed E-state index contributed by atoms with van der Waals surface area (Å²) in [5.41, 5.74) is 2.98. The minimum Gasteiger partial charge on any atom is -0.342 e. The minimum atomic E-state index is -0.153. The Kier molecular flexibility index (Phi) is 4.97. The topological polar surface area (TPSA) is 40.6 Å². The Morgan fingerprint density at radius 3 is 2.19 bits per heavy atom. The number of carbonyl (C=O) groups excluding carboxylic acids is 2. The van der Waals surface area contributed by atoms with Crippen LogP contribution in [0.25, 0.3) is 0 Å². The van der Waals surface area contributed by atoms with E-state index in [2.05, 4.69) is 12.1 Å². The lowest BCUT2D eigenvalue weighted by Gasteiger charge is -2.23. The van der Waals surface area contributed by atoms with E-state index >= 15 is 0 Å². The molecule has 0 spiro atoms. The van der Waals surface area contributed by atoms with Gasteiger partial charge in [-0.1, -0.05) is 48.0 Å². The quantitative estimate of drug-likeness (QED) is 0.839. The molecule has 2 aliphatic heterocycles. The Labute approximate surface area is 160 Å². The highest BCUT2D eigenvalue weighted by Gasteiger charge is 2.42. The van der Waals surface area contributed by atoms with Crippen LogP contribution in [0.15, 0.2) is 54.6 Å². The van der Waals surface area contributed by atoms with Gasteiger partial charge in [0.1, 0.15) is 0 Å². The van der Waals surface area contributed by atoms with Gasteiger partial charge < -0.3 is 9.80 Å². The first-order valence-electron chi connectivity index (χ1n) is 9.83. The number of amides is 2. The van der Waals surface area contributed by atoms with E-state index in [-0.39, 0.29) is 23.7 Å². The van der Waals surface area contributed by atoms with Crippen LogP contribution in [-0.2, 0) is 4.79 Å². The molecule has 4 nitrogen and oxygen atoms in total. The van der Waals surface area contributed by atoms with Gasteiger partial charge >= 0.3 is 0 Å². The largest absolute Gasteiger partial charge is 0.342 e. The van der Waals surface area contributed by atoms with E-state index in [1.165, 1.54) is 0 Å². The van der Waals surface area contributed by atoms with Crippen LogP contribution in [0.3, 0.4) is 0 Å². The van der Waals surface area contributed by atoms with Crippen LogP contribution in [0.5, 0.6) is 0 Å². The first-order valence-corrected chi connectivity index (χ1v) is 9.83. The number of aryl methyl sites for hydroxylation is 1. The van der Waals surface area contributed by atoms with Crippen molar-refractivity contribution in [3.8, 4) is 0 Å². The van der Waals surface area contributed by atoms with Crippen molar-refractivity contribution in [3.63, 3.8) is 0 Å². The first kappa shape index (κ1) is 17.8. The van der Waals surface area contributed by atoms with Gasteiger partial charge in [-0.3, -0.25) is 9.59 Å². The Morgan fingerprint density at radius 1 is 0.852 bits per heavy atom. The van der Waals surface area contributed by atoms with Crippen LogP contribution < -0.4 is 0 Å².